The van der Waals surface area contributed by atoms with E-state index in [1.165, 1.54) is 12.6 Å². The van der Waals surface area contributed by atoms with Gasteiger partial charge in [0.1, 0.15) is 17.4 Å². The maximum absolute atomic E-state index is 14.8. The molecule has 0 atom stereocenters. The molecule has 1 heterocycles. The summed E-state index contributed by atoms with van der Waals surface area (Å²) in [6.45, 7) is 0. The Kier molecular flexibility index (Phi) is 5.15. The molecule has 0 saturated heterocycles. The van der Waals surface area contributed by atoms with Gasteiger partial charge in [0.2, 0.25) is 0 Å². The lowest BCUT2D eigenvalue weighted by Gasteiger charge is -2.23. The van der Waals surface area contributed by atoms with Crippen LogP contribution in [0.1, 0.15) is 42.5 Å². The Bertz CT molecular complexity index is 1150. The van der Waals surface area contributed by atoms with Crippen molar-refractivity contribution in [3.63, 3.8) is 0 Å². The molecule has 8 heteroatoms. The third kappa shape index (κ3) is 3.60. The lowest BCUT2D eigenvalue weighted by molar-refractivity contribution is 0.0996. The van der Waals surface area contributed by atoms with E-state index in [1.54, 1.807) is 18.2 Å². The van der Waals surface area contributed by atoms with Crippen LogP contribution in [0.25, 0.3) is 22.0 Å². The number of carbonyl (C=O) groups excluding carboxylic acids is 2. The minimum absolute atomic E-state index is 0.0990. The normalized spacial score (nSPS) is 14.7. The fourth-order valence-electron chi connectivity index (χ4n) is 4.00. The van der Waals surface area contributed by atoms with Crippen LogP contribution in [0.3, 0.4) is 0 Å². The summed E-state index contributed by atoms with van der Waals surface area (Å²) in [7, 11) is 0. The molecular weight excluding hydrogens is 392 g/mol. The SMILES string of the molecule is NC(=O)c1cc(F)c(-c2cn(C(N)=O)c3ccc(OC4CCCCC4)cc23)cc1F. The van der Waals surface area contributed by atoms with Gasteiger partial charge < -0.3 is 16.2 Å². The summed E-state index contributed by atoms with van der Waals surface area (Å²) in [5.41, 5.74) is 10.6. The van der Waals surface area contributed by atoms with Gasteiger partial charge in [-0.15, -0.1) is 0 Å². The van der Waals surface area contributed by atoms with E-state index in [-0.39, 0.29) is 17.2 Å². The minimum atomic E-state index is -1.07. The van der Waals surface area contributed by atoms with Crippen molar-refractivity contribution in [3.05, 3.63) is 53.7 Å². The number of halogens is 2. The number of hydrogen-bond acceptors (Lipinski definition) is 3. The number of nitrogens with zero attached hydrogens (tertiary/aromatic N) is 1. The Morgan fingerprint density at radius 2 is 1.70 bits per heavy atom. The molecule has 2 aromatic carbocycles. The number of primary amides is 2. The summed E-state index contributed by atoms with van der Waals surface area (Å²) in [4.78, 5) is 23.2. The first kappa shape index (κ1) is 19.9. The van der Waals surface area contributed by atoms with Crippen molar-refractivity contribution < 1.29 is 23.1 Å². The summed E-state index contributed by atoms with van der Waals surface area (Å²) in [6, 6.07) is 5.97. The first-order chi connectivity index (χ1) is 14.3. The number of benzene rings is 2. The van der Waals surface area contributed by atoms with E-state index in [9.17, 15) is 18.4 Å². The molecule has 1 fully saturated rings. The van der Waals surface area contributed by atoms with Crippen LogP contribution in [0.2, 0.25) is 0 Å². The summed E-state index contributed by atoms with van der Waals surface area (Å²) in [5, 5.41) is 0.479. The quantitative estimate of drug-likeness (QED) is 0.666. The van der Waals surface area contributed by atoms with E-state index in [4.69, 9.17) is 16.2 Å². The topological polar surface area (TPSA) is 100 Å². The van der Waals surface area contributed by atoms with Gasteiger partial charge in [0.25, 0.3) is 5.91 Å². The van der Waals surface area contributed by atoms with E-state index < -0.39 is 29.1 Å². The molecule has 0 radical (unpaired) electrons. The van der Waals surface area contributed by atoms with Crippen molar-refractivity contribution in [2.45, 2.75) is 38.2 Å². The van der Waals surface area contributed by atoms with Gasteiger partial charge in [0, 0.05) is 22.7 Å². The van der Waals surface area contributed by atoms with E-state index in [0.717, 1.165) is 42.4 Å². The zero-order valence-electron chi connectivity index (χ0n) is 16.2. The van der Waals surface area contributed by atoms with Gasteiger partial charge in [-0.25, -0.2) is 13.6 Å². The van der Waals surface area contributed by atoms with Gasteiger partial charge in [-0.2, -0.15) is 0 Å². The number of fused-ring (bicyclic) bond motifs is 1. The van der Waals surface area contributed by atoms with Crippen LogP contribution in [0.4, 0.5) is 13.6 Å². The number of rotatable bonds is 4. The lowest BCUT2D eigenvalue weighted by atomic mass is 9.97. The molecule has 6 nitrogen and oxygen atoms in total. The molecule has 1 aliphatic rings. The number of hydrogen-bond donors (Lipinski definition) is 2. The van der Waals surface area contributed by atoms with Crippen molar-refractivity contribution in [1.29, 1.82) is 0 Å². The number of amides is 2. The molecule has 156 valence electrons. The maximum Gasteiger partial charge on any atom is 0.323 e. The van der Waals surface area contributed by atoms with Gasteiger partial charge in [0.15, 0.2) is 0 Å². The highest BCUT2D eigenvalue weighted by molar-refractivity contribution is 6.02. The van der Waals surface area contributed by atoms with Gasteiger partial charge >= 0.3 is 6.03 Å². The number of nitrogens with two attached hydrogens (primary N) is 2. The van der Waals surface area contributed by atoms with Crippen molar-refractivity contribution >= 4 is 22.8 Å². The smallest absolute Gasteiger partial charge is 0.323 e. The highest BCUT2D eigenvalue weighted by Gasteiger charge is 2.21. The van der Waals surface area contributed by atoms with Gasteiger partial charge in [-0.1, -0.05) is 6.42 Å². The van der Waals surface area contributed by atoms with Gasteiger partial charge in [-0.05, 0) is 56.0 Å². The van der Waals surface area contributed by atoms with Gasteiger partial charge in [-0.3, -0.25) is 9.36 Å². The first-order valence-electron chi connectivity index (χ1n) is 9.76. The average molecular weight is 413 g/mol. The largest absolute Gasteiger partial charge is 0.490 e. The van der Waals surface area contributed by atoms with Crippen LogP contribution in [0.15, 0.2) is 36.5 Å². The average Bonchev–Trinajstić information content (AvgIpc) is 3.09. The molecule has 1 aliphatic carbocycles. The molecule has 2 amide bonds. The predicted octanol–water partition coefficient (Wildman–Crippen LogP) is 4.32. The van der Waals surface area contributed by atoms with Crippen molar-refractivity contribution in [2.24, 2.45) is 11.5 Å². The van der Waals surface area contributed by atoms with Crippen molar-refractivity contribution in [3.8, 4) is 16.9 Å². The second-order valence-electron chi connectivity index (χ2n) is 7.48. The third-order valence-corrected chi connectivity index (χ3v) is 5.48. The van der Waals surface area contributed by atoms with Crippen molar-refractivity contribution in [1.82, 2.24) is 4.57 Å². The van der Waals surface area contributed by atoms with Crippen LogP contribution < -0.4 is 16.2 Å². The Morgan fingerprint density at radius 3 is 2.37 bits per heavy atom. The third-order valence-electron chi connectivity index (χ3n) is 5.48. The molecule has 3 aromatic rings. The summed E-state index contributed by atoms with van der Waals surface area (Å²) < 4.78 is 36.3. The summed E-state index contributed by atoms with van der Waals surface area (Å²) in [5.74, 6) is -2.28. The molecule has 1 aromatic heterocycles. The van der Waals surface area contributed by atoms with Crippen LogP contribution >= 0.6 is 0 Å². The van der Waals surface area contributed by atoms with E-state index in [0.29, 0.717) is 16.7 Å². The minimum Gasteiger partial charge on any atom is -0.490 e. The van der Waals surface area contributed by atoms with Gasteiger partial charge in [0.05, 0.1) is 17.2 Å². The number of aromatic nitrogens is 1. The van der Waals surface area contributed by atoms with Crippen LogP contribution in [-0.4, -0.2) is 22.6 Å². The standard InChI is InChI=1S/C22H21F2N3O3/c23-18-10-16(21(25)28)19(24)9-14(18)17-11-27(22(26)29)20-7-6-13(8-15(17)20)30-12-4-2-1-3-5-12/h6-12H,1-5H2,(H2,25,28)(H2,26,29). The second-order valence-corrected chi connectivity index (χ2v) is 7.48. The van der Waals surface area contributed by atoms with E-state index in [1.807, 2.05) is 0 Å². The molecule has 4 N–H and O–H groups in total. The zero-order chi connectivity index (χ0) is 21.4. The molecular formula is C22H21F2N3O3. The maximum atomic E-state index is 14.8. The van der Waals surface area contributed by atoms with Crippen molar-refractivity contribution in [2.75, 3.05) is 0 Å². The molecule has 30 heavy (non-hydrogen) atoms. The summed E-state index contributed by atoms with van der Waals surface area (Å²) >= 11 is 0. The predicted molar refractivity (Wildman–Crippen MR) is 108 cm³/mol. The Morgan fingerprint density at radius 1 is 0.967 bits per heavy atom. The highest BCUT2D eigenvalue weighted by Crippen LogP contribution is 2.36. The molecule has 0 aliphatic heterocycles. The molecule has 1 saturated carbocycles. The summed E-state index contributed by atoms with van der Waals surface area (Å²) in [6.07, 6.45) is 6.76. The van der Waals surface area contributed by atoms with Crippen LogP contribution in [0.5, 0.6) is 5.75 Å². The number of ether oxygens (including phenoxy) is 1. The number of carbonyl (C=O) groups is 2. The molecule has 0 bridgehead atoms. The van der Waals surface area contributed by atoms with E-state index >= 15 is 0 Å². The lowest BCUT2D eigenvalue weighted by Crippen LogP contribution is -2.19. The molecule has 4 rings (SSSR count). The second kappa shape index (κ2) is 7.78. The van der Waals surface area contributed by atoms with Crippen LogP contribution in [0, 0.1) is 11.6 Å². The molecule has 0 spiro atoms. The molecule has 0 unspecified atom stereocenters. The first-order valence-corrected chi connectivity index (χ1v) is 9.76. The zero-order valence-corrected chi connectivity index (χ0v) is 16.2. The van der Waals surface area contributed by atoms with E-state index in [2.05, 4.69) is 0 Å². The highest BCUT2D eigenvalue weighted by atomic mass is 19.1. The Balaban J connectivity index is 1.84. The Hall–Kier alpha value is -3.42. The fourth-order valence-corrected chi connectivity index (χ4v) is 4.00. The fraction of sp³-hybridized carbons (Fsp3) is 0.273. The monoisotopic (exact) mass is 413 g/mol. The Labute approximate surface area is 171 Å². The van der Waals surface area contributed by atoms with Crippen LogP contribution in [-0.2, 0) is 0 Å².